The van der Waals surface area contributed by atoms with Crippen molar-refractivity contribution in [1.29, 1.82) is 0 Å². The van der Waals surface area contributed by atoms with Gasteiger partial charge in [-0.1, -0.05) is 11.5 Å². The summed E-state index contributed by atoms with van der Waals surface area (Å²) in [7, 11) is 0. The van der Waals surface area contributed by atoms with Gasteiger partial charge in [-0.2, -0.15) is 0 Å². The van der Waals surface area contributed by atoms with E-state index in [9.17, 15) is 0 Å². The molecule has 0 saturated carbocycles. The van der Waals surface area contributed by atoms with Gasteiger partial charge in [-0.05, 0) is 0 Å². The highest BCUT2D eigenvalue weighted by Crippen LogP contribution is 1.85. The summed E-state index contributed by atoms with van der Waals surface area (Å²) in [5, 5.41) is 1.83. The minimum Gasteiger partial charge on any atom is -0.243 e. The van der Waals surface area contributed by atoms with Crippen molar-refractivity contribution in [3.63, 3.8) is 0 Å². The molecule has 1 rings (SSSR count). The third-order valence-electron chi connectivity index (χ3n) is 0.818. The first-order valence-electron chi connectivity index (χ1n) is 2.40. The number of nitrogens with zero attached hydrogens (tertiary/aromatic N) is 1. The Balaban J connectivity index is 2.25. The van der Waals surface area contributed by atoms with Gasteiger partial charge in [0.1, 0.15) is 0 Å². The Morgan fingerprint density at radius 3 is 3.25 bits per heavy atom. The summed E-state index contributed by atoms with van der Waals surface area (Å²) in [6.07, 6.45) is 6.33. The summed E-state index contributed by atoms with van der Waals surface area (Å²) < 4.78 is 0. The summed E-state index contributed by atoms with van der Waals surface area (Å²) in [6, 6.07) is 0. The van der Waals surface area contributed by atoms with E-state index in [4.69, 9.17) is 0 Å². The predicted octanol–water partition coefficient (Wildman–Crippen LogP) is -0.228. The molecule has 0 radical (unpaired) electrons. The van der Waals surface area contributed by atoms with Crippen LogP contribution in [0.5, 0.6) is 0 Å². The van der Waals surface area contributed by atoms with E-state index < -0.39 is 0 Å². The molecule has 0 fully saturated rings. The third-order valence-corrected chi connectivity index (χ3v) is 0.818. The van der Waals surface area contributed by atoms with E-state index >= 15 is 0 Å². The van der Waals surface area contributed by atoms with Gasteiger partial charge >= 0.3 is 6.20 Å². The molecule has 0 aromatic carbocycles. The number of nitrogens with one attached hydrogen (secondary N) is 2. The summed E-state index contributed by atoms with van der Waals surface area (Å²) in [6.45, 7) is 4.36. The fourth-order valence-electron chi connectivity index (χ4n) is 0.484. The van der Waals surface area contributed by atoms with Gasteiger partial charge in [0.25, 0.3) is 6.20 Å². The zero-order chi connectivity index (χ0) is 5.82. The van der Waals surface area contributed by atoms with Crippen molar-refractivity contribution in [2.24, 2.45) is 0 Å². The van der Waals surface area contributed by atoms with Crippen LogP contribution in [0.1, 0.15) is 0 Å². The fourth-order valence-corrected chi connectivity index (χ4v) is 0.484. The molecule has 1 aliphatic heterocycles. The van der Waals surface area contributed by atoms with Crippen LogP contribution in [0.4, 0.5) is 0 Å². The molecule has 0 aromatic rings. The minimum absolute atomic E-state index is 0.792. The van der Waals surface area contributed by atoms with Crippen LogP contribution in [0.2, 0.25) is 0 Å². The van der Waals surface area contributed by atoms with Gasteiger partial charge in [0.15, 0.2) is 0 Å². The van der Waals surface area contributed by atoms with E-state index in [0.29, 0.717) is 0 Å². The molecule has 0 aromatic heterocycles. The molecule has 0 aliphatic carbocycles. The van der Waals surface area contributed by atoms with Crippen molar-refractivity contribution >= 4 is 0 Å². The highest BCUT2D eigenvalue weighted by Gasteiger charge is 2.09. The molecule has 8 heavy (non-hydrogen) atoms. The Morgan fingerprint density at radius 2 is 2.75 bits per heavy atom. The lowest BCUT2D eigenvalue weighted by molar-refractivity contribution is 0.299. The maximum absolute atomic E-state index is 3.57. The normalized spacial score (nSPS) is 15.2. The van der Waals surface area contributed by atoms with Crippen LogP contribution in [0.25, 0.3) is 0 Å². The van der Waals surface area contributed by atoms with Crippen molar-refractivity contribution in [3.8, 4) is 0 Å². The highest BCUT2D eigenvalue weighted by molar-refractivity contribution is 4.81. The van der Waals surface area contributed by atoms with E-state index in [1.807, 2.05) is 5.01 Å². The van der Waals surface area contributed by atoms with Crippen LogP contribution in [0.15, 0.2) is 18.9 Å². The summed E-state index contributed by atoms with van der Waals surface area (Å²) in [5.74, 6) is 0. The average Bonchev–Trinajstić information content (AvgIpc) is 2.19. The second-order valence-corrected chi connectivity index (χ2v) is 1.45. The number of hydrogen-bond acceptors (Lipinski definition) is 3. The first-order chi connectivity index (χ1) is 3.93. The molecule has 1 aliphatic rings. The van der Waals surface area contributed by atoms with Gasteiger partial charge in [0.05, 0.1) is 6.54 Å². The Labute approximate surface area is 48.6 Å². The maximum Gasteiger partial charge on any atom is 0.406 e. The molecule has 2 N–H and O–H groups in total. The molecule has 3 heteroatoms. The minimum atomic E-state index is 0.792. The van der Waals surface area contributed by atoms with E-state index in [1.54, 1.807) is 12.3 Å². The lowest BCUT2D eigenvalue weighted by Gasteiger charge is -2.04. The Morgan fingerprint density at radius 1 is 1.88 bits per heavy atom. The van der Waals surface area contributed by atoms with Crippen LogP contribution >= 0.6 is 0 Å². The maximum atomic E-state index is 3.57. The Bertz CT molecular complexity index is 108. The fraction of sp³-hybridized carbons (Fsp3) is 0.200. The molecule has 0 atom stereocenters. The van der Waals surface area contributed by atoms with Crippen molar-refractivity contribution in [2.75, 3.05) is 6.54 Å². The summed E-state index contributed by atoms with van der Waals surface area (Å²) in [4.78, 5) is 0. The molecule has 3 nitrogen and oxygen atoms in total. The molecule has 0 spiro atoms. The first kappa shape index (κ1) is 5.09. The van der Waals surface area contributed by atoms with Gasteiger partial charge in [0, 0.05) is 0 Å². The van der Waals surface area contributed by atoms with E-state index in [2.05, 4.69) is 23.7 Å². The molecule has 42 valence electrons. The van der Waals surface area contributed by atoms with E-state index in [1.165, 1.54) is 0 Å². The van der Waals surface area contributed by atoms with Crippen LogP contribution < -0.4 is 11.0 Å². The number of rotatable bonds is 2. The standard InChI is InChI=1S/C5H8N3/c1-2-4-8-5-3-6-7-8/h2,5-7H,1,4H2/q+1. The van der Waals surface area contributed by atoms with Gasteiger partial charge in [-0.25, -0.2) is 5.01 Å². The monoisotopic (exact) mass is 110 g/mol. The second-order valence-electron chi connectivity index (χ2n) is 1.45. The zero-order valence-electron chi connectivity index (χ0n) is 4.52. The lowest BCUT2D eigenvalue weighted by Crippen LogP contribution is -2.35. The summed E-state index contributed by atoms with van der Waals surface area (Å²) in [5.41, 5.74) is 5.48. The van der Waals surface area contributed by atoms with Crippen LogP contribution in [-0.2, 0) is 0 Å². The second kappa shape index (κ2) is 2.31. The molecule has 0 bridgehead atoms. The van der Waals surface area contributed by atoms with Crippen molar-refractivity contribution in [3.05, 3.63) is 25.1 Å². The first-order valence-corrected chi connectivity index (χ1v) is 2.40. The quantitative estimate of drug-likeness (QED) is 0.380. The Hall–Kier alpha value is -1.05. The topological polar surface area (TPSA) is 27.3 Å². The van der Waals surface area contributed by atoms with Crippen molar-refractivity contribution < 1.29 is 0 Å². The van der Waals surface area contributed by atoms with Gasteiger partial charge in [-0.15, -0.1) is 12.1 Å². The van der Waals surface area contributed by atoms with Gasteiger partial charge in [-0.3, -0.25) is 0 Å². The third kappa shape index (κ3) is 0.964. The molecule has 0 amide bonds. The largest absolute Gasteiger partial charge is 0.406 e. The van der Waals surface area contributed by atoms with E-state index in [-0.39, 0.29) is 0 Å². The molecular weight excluding hydrogens is 102 g/mol. The molecule has 1 heterocycles. The van der Waals surface area contributed by atoms with Crippen LogP contribution in [-0.4, -0.2) is 11.6 Å². The Kier molecular flexibility index (Phi) is 1.47. The zero-order valence-corrected chi connectivity index (χ0v) is 4.52. The molecule has 0 unspecified atom stereocenters. The van der Waals surface area contributed by atoms with Gasteiger partial charge < -0.3 is 0 Å². The molecule has 0 saturated heterocycles. The smallest absolute Gasteiger partial charge is 0.243 e. The SMILES string of the molecule is C=CCN1C=[C+]NN1. The van der Waals surface area contributed by atoms with Gasteiger partial charge in [0.2, 0.25) is 0 Å². The predicted molar refractivity (Wildman–Crippen MR) is 31.0 cm³/mol. The van der Waals surface area contributed by atoms with Crippen LogP contribution in [0, 0.1) is 6.20 Å². The number of hydrazine groups is 2. The lowest BCUT2D eigenvalue weighted by atomic mass is 10.6. The summed E-state index contributed by atoms with van der Waals surface area (Å²) >= 11 is 0. The average molecular weight is 110 g/mol. The highest BCUT2D eigenvalue weighted by atomic mass is 15.7. The molecular formula is C5H8N3+. The number of hydrogen-bond donors (Lipinski definition) is 2. The van der Waals surface area contributed by atoms with E-state index in [0.717, 1.165) is 6.54 Å². The van der Waals surface area contributed by atoms with Crippen molar-refractivity contribution in [1.82, 2.24) is 16.0 Å². The van der Waals surface area contributed by atoms with Crippen LogP contribution in [0.3, 0.4) is 0 Å². The van der Waals surface area contributed by atoms with Crippen molar-refractivity contribution in [2.45, 2.75) is 0 Å².